The van der Waals surface area contributed by atoms with Crippen molar-refractivity contribution in [1.82, 2.24) is 0 Å². The van der Waals surface area contributed by atoms with Crippen LogP contribution in [0.25, 0.3) is 0 Å². The zero-order chi connectivity index (χ0) is 10.9. The molecule has 2 saturated carbocycles. The van der Waals surface area contributed by atoms with E-state index >= 15 is 0 Å². The maximum atomic E-state index is 11.1. The largest absolute Gasteiger partial charge is 2.00 e. The summed E-state index contributed by atoms with van der Waals surface area (Å²) in [5, 5.41) is 0. The Morgan fingerprint density at radius 1 is 1.00 bits per heavy atom. The Kier molecular flexibility index (Phi) is 11.0. The molecule has 1 nitrogen and oxygen atoms in total. The monoisotopic (exact) mass is 274 g/mol. The minimum atomic E-state index is 0. The molecule has 0 spiro atoms. The number of thioether (sulfide) groups is 1. The summed E-state index contributed by atoms with van der Waals surface area (Å²) in [5.74, 6) is 1.64. The Morgan fingerprint density at radius 3 is 1.81 bits per heavy atom. The molecule has 0 bridgehead atoms. The Hall–Kier alpha value is 0.539. The third kappa shape index (κ3) is 6.98. The molecule has 0 unspecified atom stereocenters. The van der Waals surface area contributed by atoms with Gasteiger partial charge in [0.2, 0.25) is 0 Å². The number of carbonyl (C=O) groups is 1. The van der Waals surface area contributed by atoms with Gasteiger partial charge in [0.15, 0.2) is 0 Å². The summed E-state index contributed by atoms with van der Waals surface area (Å²) in [6.45, 7) is 0. The molecule has 0 aromatic heterocycles. The number of carbonyl (C=O) groups excluding carboxylic acids is 1. The van der Waals surface area contributed by atoms with E-state index in [1.54, 1.807) is 11.8 Å². The molecule has 2 aliphatic carbocycles. The van der Waals surface area contributed by atoms with Crippen molar-refractivity contribution in [1.29, 1.82) is 0 Å². The minimum absolute atomic E-state index is 0. The molecule has 0 aromatic carbocycles. The molecule has 0 aliphatic heterocycles. The molecule has 0 atom stereocenters. The van der Waals surface area contributed by atoms with Crippen molar-refractivity contribution in [3.8, 4) is 0 Å². The van der Waals surface area contributed by atoms with E-state index in [2.05, 4.69) is 0 Å². The average Bonchev–Trinajstić information content (AvgIpc) is 2.95. The molecule has 0 heterocycles. The van der Waals surface area contributed by atoms with Gasteiger partial charge in [-0.05, 0) is 64.0 Å². The molecule has 2 rings (SSSR count). The van der Waals surface area contributed by atoms with Crippen molar-refractivity contribution in [2.45, 2.75) is 0 Å². The Morgan fingerprint density at radius 2 is 1.44 bits per heavy atom. The van der Waals surface area contributed by atoms with Crippen LogP contribution in [0.2, 0.25) is 0 Å². The maximum Gasteiger partial charge on any atom is 2.00 e. The van der Waals surface area contributed by atoms with Crippen LogP contribution in [0, 0.1) is 63.7 Å². The van der Waals surface area contributed by atoms with Crippen LogP contribution in [0.4, 0.5) is 0 Å². The van der Waals surface area contributed by atoms with E-state index in [1.165, 1.54) is 0 Å². The molecule has 0 saturated heterocycles. The Balaban J connectivity index is 0.000000318. The van der Waals surface area contributed by atoms with Crippen molar-refractivity contribution in [3.63, 3.8) is 0 Å². The fourth-order valence-electron chi connectivity index (χ4n) is 1.10. The summed E-state index contributed by atoms with van der Waals surface area (Å²) >= 11 is 1.56. The number of hydrogen-bond donors (Lipinski definition) is 0. The summed E-state index contributed by atoms with van der Waals surface area (Å²) in [7, 11) is 0. The number of rotatable bonds is 3. The van der Waals surface area contributed by atoms with E-state index < -0.39 is 0 Å². The first-order valence-electron chi connectivity index (χ1n) is 4.75. The van der Waals surface area contributed by atoms with E-state index in [0.717, 1.165) is 5.92 Å². The van der Waals surface area contributed by atoms with Crippen LogP contribution >= 0.6 is 11.8 Å². The van der Waals surface area contributed by atoms with Crippen LogP contribution in [0.1, 0.15) is 0 Å². The quantitative estimate of drug-likeness (QED) is 0.735. The van der Waals surface area contributed by atoms with Gasteiger partial charge in [0.1, 0.15) is 5.78 Å². The topological polar surface area (TPSA) is 17.1 Å². The predicted octanol–water partition coefficient (Wildman–Crippen LogP) is 2.34. The van der Waals surface area contributed by atoms with Gasteiger partial charge in [-0.2, -0.15) is 11.8 Å². The molecular weight excluding hydrogens is 260 g/mol. The predicted molar refractivity (Wildman–Crippen MR) is 65.3 cm³/mol. The van der Waals surface area contributed by atoms with Crippen molar-refractivity contribution in [2.24, 2.45) is 0 Å². The zero-order valence-electron chi connectivity index (χ0n) is 9.07. The van der Waals surface area contributed by atoms with Crippen LogP contribution in [0.5, 0.6) is 0 Å². The molecule has 3 heteroatoms. The van der Waals surface area contributed by atoms with Crippen molar-refractivity contribution < 1.29 is 21.9 Å². The second-order valence-corrected chi connectivity index (χ2v) is 3.86. The minimum Gasteiger partial charge on any atom is -0.298 e. The third-order valence-corrected chi connectivity index (χ3v) is 2.37. The first-order valence-corrected chi connectivity index (χ1v) is 6.14. The van der Waals surface area contributed by atoms with E-state index in [4.69, 9.17) is 0 Å². The van der Waals surface area contributed by atoms with Gasteiger partial charge in [0.05, 0.1) is 5.75 Å². The Labute approximate surface area is 115 Å². The second kappa shape index (κ2) is 10.7. The molecule has 2 aliphatic rings. The SMILES string of the molecule is CSCC(=O)[C]1[CH][CH][CH][CH]1.[CH]1[CH][CH][CH][CH]1.[Fe+2]. The van der Waals surface area contributed by atoms with Gasteiger partial charge >= 0.3 is 17.1 Å². The van der Waals surface area contributed by atoms with Crippen LogP contribution in [0.3, 0.4) is 0 Å². The molecule has 16 heavy (non-hydrogen) atoms. The van der Waals surface area contributed by atoms with E-state index in [1.807, 2.05) is 64.0 Å². The van der Waals surface area contributed by atoms with E-state index in [9.17, 15) is 4.79 Å². The standard InChI is InChI=1S/C8H9OS.C5H5.Fe/c1-10-6-8(9)7-4-2-3-5-7;1-2-4-5-3-1;/h2-5H,6H2,1H3;1-5H;/q;;+2. The first kappa shape index (κ1) is 16.5. The average molecular weight is 274 g/mol. The van der Waals surface area contributed by atoms with E-state index in [-0.39, 0.29) is 22.9 Å². The molecule has 10 radical (unpaired) electrons. The zero-order valence-corrected chi connectivity index (χ0v) is 11.0. The number of hydrogen-bond acceptors (Lipinski definition) is 2. The summed E-state index contributed by atoms with van der Waals surface area (Å²) in [5.41, 5.74) is 0. The van der Waals surface area contributed by atoms with Gasteiger partial charge < -0.3 is 0 Å². The fourth-order valence-corrected chi connectivity index (χ4v) is 1.52. The normalized spacial score (nSPS) is 19.8. The maximum absolute atomic E-state index is 11.1. The van der Waals surface area contributed by atoms with Crippen LogP contribution in [-0.2, 0) is 21.9 Å². The fraction of sp³-hybridized carbons (Fsp3) is 0.154. The van der Waals surface area contributed by atoms with Crippen molar-refractivity contribution in [2.75, 3.05) is 12.0 Å². The summed E-state index contributed by atoms with van der Waals surface area (Å²) in [6, 6.07) is 0. The van der Waals surface area contributed by atoms with Crippen LogP contribution in [-0.4, -0.2) is 17.8 Å². The van der Waals surface area contributed by atoms with Crippen LogP contribution in [0.15, 0.2) is 0 Å². The van der Waals surface area contributed by atoms with Gasteiger partial charge in [-0.15, -0.1) is 0 Å². The smallest absolute Gasteiger partial charge is 0.298 e. The van der Waals surface area contributed by atoms with Gasteiger partial charge in [-0.1, -0.05) is 0 Å². The number of ketones is 1. The molecule has 0 amide bonds. The van der Waals surface area contributed by atoms with Gasteiger partial charge in [0, 0.05) is 5.92 Å². The summed E-state index contributed by atoms with van der Waals surface area (Å²) in [6.07, 6.45) is 19.4. The molecule has 2 fully saturated rings. The van der Waals surface area contributed by atoms with E-state index in [0.29, 0.717) is 5.75 Å². The molecular formula is C13H14FeOS+2. The summed E-state index contributed by atoms with van der Waals surface area (Å²) < 4.78 is 0. The van der Waals surface area contributed by atoms with Gasteiger partial charge in [-0.25, -0.2) is 0 Å². The summed E-state index contributed by atoms with van der Waals surface area (Å²) in [4.78, 5) is 11.1. The second-order valence-electron chi connectivity index (χ2n) is 2.99. The number of Topliss-reactive ketones (excluding diaryl/α,β-unsaturated/α-hetero) is 1. The molecule has 84 valence electrons. The van der Waals surface area contributed by atoms with Crippen LogP contribution < -0.4 is 0 Å². The van der Waals surface area contributed by atoms with Crippen molar-refractivity contribution in [3.05, 3.63) is 63.7 Å². The third-order valence-electron chi connectivity index (χ3n) is 1.82. The molecule has 0 N–H and O–H groups in total. The Bertz CT molecular complexity index is 167. The van der Waals surface area contributed by atoms with Gasteiger partial charge in [-0.3, -0.25) is 4.79 Å². The van der Waals surface area contributed by atoms with Crippen molar-refractivity contribution >= 4 is 17.5 Å². The van der Waals surface area contributed by atoms with Gasteiger partial charge in [0.25, 0.3) is 0 Å². The first-order chi connectivity index (χ1) is 7.34. The molecule has 0 aromatic rings.